The van der Waals surface area contributed by atoms with E-state index < -0.39 is 11.5 Å². The number of hydrogen-bond acceptors (Lipinski definition) is 3. The van der Waals surface area contributed by atoms with Crippen LogP contribution in [0, 0.1) is 12.7 Å². The number of rotatable bonds is 1. The Labute approximate surface area is 141 Å². The molecule has 116 valence electrons. The molecular weight excluding hydrogens is 389 g/mol. The van der Waals surface area contributed by atoms with Gasteiger partial charge in [-0.1, -0.05) is 32.7 Å². The molecule has 0 atom stereocenters. The summed E-state index contributed by atoms with van der Waals surface area (Å²) in [6.45, 7) is 1.71. The molecule has 0 saturated carbocycles. The summed E-state index contributed by atoms with van der Waals surface area (Å²) in [4.78, 5) is 15.0. The first-order valence-electron chi connectivity index (χ1n) is 6.62. The minimum Gasteiger partial charge on any atom is -0.353 e. The highest BCUT2D eigenvalue weighted by atomic mass is 79.9. The predicted octanol–water partition coefficient (Wildman–Crippen LogP) is 4.32. The highest BCUT2D eigenvalue weighted by Gasteiger charge is 2.21. The van der Waals surface area contributed by atoms with E-state index in [1.807, 2.05) is 0 Å². The van der Waals surface area contributed by atoms with Crippen LogP contribution in [0.25, 0.3) is 27.7 Å². The molecule has 0 bridgehead atoms. The third-order valence-corrected chi connectivity index (χ3v) is 4.47. The van der Waals surface area contributed by atoms with E-state index in [4.69, 9.17) is 16.1 Å². The fourth-order valence-corrected chi connectivity index (χ4v) is 3.38. The quantitative estimate of drug-likeness (QED) is 0.521. The largest absolute Gasteiger partial charge is 0.353 e. The molecular formula is C15H8BrClFN3O2. The number of H-pyrrole nitrogens is 1. The zero-order valence-corrected chi connectivity index (χ0v) is 14.0. The molecule has 0 spiro atoms. The molecule has 0 unspecified atom stereocenters. The Balaban J connectivity index is 2.17. The van der Waals surface area contributed by atoms with Crippen molar-refractivity contribution in [1.82, 2.24) is 14.7 Å². The van der Waals surface area contributed by atoms with E-state index in [1.165, 1.54) is 4.57 Å². The summed E-state index contributed by atoms with van der Waals surface area (Å²) in [5.41, 5.74) is 0.877. The number of nitrogens with one attached hydrogen (secondary N) is 1. The fourth-order valence-electron chi connectivity index (χ4n) is 2.62. The van der Waals surface area contributed by atoms with Crippen LogP contribution in [0.4, 0.5) is 4.39 Å². The van der Waals surface area contributed by atoms with Gasteiger partial charge in [-0.3, -0.25) is 4.57 Å². The van der Waals surface area contributed by atoms with Crippen LogP contribution in [0.5, 0.6) is 0 Å². The second kappa shape index (κ2) is 4.94. The molecule has 5 nitrogen and oxygen atoms in total. The molecule has 2 aromatic carbocycles. The number of benzene rings is 2. The normalized spacial score (nSPS) is 11.7. The van der Waals surface area contributed by atoms with Gasteiger partial charge in [0.1, 0.15) is 5.52 Å². The Morgan fingerprint density at radius 1 is 1.39 bits per heavy atom. The van der Waals surface area contributed by atoms with Crippen molar-refractivity contribution in [3.05, 3.63) is 55.8 Å². The molecule has 0 saturated heterocycles. The van der Waals surface area contributed by atoms with Crippen molar-refractivity contribution in [2.24, 2.45) is 0 Å². The average molecular weight is 397 g/mol. The van der Waals surface area contributed by atoms with E-state index in [0.717, 1.165) is 4.47 Å². The van der Waals surface area contributed by atoms with E-state index in [1.54, 1.807) is 31.2 Å². The molecule has 2 heterocycles. The van der Waals surface area contributed by atoms with E-state index in [2.05, 4.69) is 26.1 Å². The lowest BCUT2D eigenvalue weighted by molar-refractivity contribution is 0.436. The Hall–Kier alpha value is -2.12. The standard InChI is InChI=1S/C15H8BrClFN3O2/c1-6-8-5-10-13(12(18)14(8)23-20-6)21(15(22)19-10)11-3-2-7(16)4-9(11)17/h2-5H,1H3,(H,19,22). The van der Waals surface area contributed by atoms with Gasteiger partial charge in [-0.05, 0) is 31.2 Å². The van der Waals surface area contributed by atoms with Gasteiger partial charge >= 0.3 is 5.69 Å². The van der Waals surface area contributed by atoms with Crippen molar-refractivity contribution >= 4 is 49.5 Å². The van der Waals surface area contributed by atoms with E-state index in [0.29, 0.717) is 27.3 Å². The highest BCUT2D eigenvalue weighted by Crippen LogP contribution is 2.31. The van der Waals surface area contributed by atoms with Gasteiger partial charge in [0.2, 0.25) is 5.58 Å². The molecule has 0 radical (unpaired) electrons. The van der Waals surface area contributed by atoms with Gasteiger partial charge in [-0.15, -0.1) is 0 Å². The van der Waals surface area contributed by atoms with Crippen molar-refractivity contribution < 1.29 is 8.91 Å². The van der Waals surface area contributed by atoms with E-state index in [-0.39, 0.29) is 11.1 Å². The maximum Gasteiger partial charge on any atom is 0.331 e. The van der Waals surface area contributed by atoms with Gasteiger partial charge in [0, 0.05) is 9.86 Å². The van der Waals surface area contributed by atoms with Gasteiger partial charge in [0.05, 0.1) is 21.9 Å². The molecule has 0 aliphatic rings. The maximum absolute atomic E-state index is 14.9. The number of nitrogens with zero attached hydrogens (tertiary/aromatic N) is 2. The van der Waals surface area contributed by atoms with Crippen LogP contribution in [0.1, 0.15) is 5.69 Å². The first-order valence-corrected chi connectivity index (χ1v) is 7.79. The lowest BCUT2D eigenvalue weighted by atomic mass is 10.2. The molecule has 0 fully saturated rings. The van der Waals surface area contributed by atoms with Crippen LogP contribution < -0.4 is 5.69 Å². The molecule has 0 amide bonds. The van der Waals surface area contributed by atoms with Crippen LogP contribution in [-0.4, -0.2) is 14.7 Å². The molecule has 0 aliphatic heterocycles. The lowest BCUT2D eigenvalue weighted by Gasteiger charge is -2.07. The number of aryl methyl sites for hydroxylation is 1. The number of aromatic nitrogens is 3. The smallest absolute Gasteiger partial charge is 0.331 e. The summed E-state index contributed by atoms with van der Waals surface area (Å²) in [6.07, 6.45) is 0. The minimum absolute atomic E-state index is 0.0102. The Morgan fingerprint density at radius 2 is 2.17 bits per heavy atom. The monoisotopic (exact) mass is 395 g/mol. The van der Waals surface area contributed by atoms with Crippen LogP contribution in [0.2, 0.25) is 5.02 Å². The Kier molecular flexibility index (Phi) is 3.11. The number of fused-ring (bicyclic) bond motifs is 2. The van der Waals surface area contributed by atoms with Crippen molar-refractivity contribution in [2.75, 3.05) is 0 Å². The number of hydrogen-bond donors (Lipinski definition) is 1. The first-order chi connectivity index (χ1) is 11.0. The summed E-state index contributed by atoms with van der Waals surface area (Å²) in [5.74, 6) is -0.657. The van der Waals surface area contributed by atoms with Gasteiger partial charge < -0.3 is 9.51 Å². The molecule has 4 rings (SSSR count). The van der Waals surface area contributed by atoms with Crippen LogP contribution >= 0.6 is 27.5 Å². The lowest BCUT2D eigenvalue weighted by Crippen LogP contribution is -2.15. The second-order valence-corrected chi connectivity index (χ2v) is 6.42. The van der Waals surface area contributed by atoms with Gasteiger partial charge in [0.25, 0.3) is 0 Å². The highest BCUT2D eigenvalue weighted by molar-refractivity contribution is 9.10. The summed E-state index contributed by atoms with van der Waals surface area (Å²) in [7, 11) is 0. The van der Waals surface area contributed by atoms with Crippen LogP contribution in [0.3, 0.4) is 0 Å². The second-order valence-electron chi connectivity index (χ2n) is 5.09. The summed E-state index contributed by atoms with van der Waals surface area (Å²) < 4.78 is 21.9. The van der Waals surface area contributed by atoms with Crippen molar-refractivity contribution in [3.63, 3.8) is 0 Å². The van der Waals surface area contributed by atoms with Crippen LogP contribution in [0.15, 0.2) is 38.1 Å². The summed E-state index contributed by atoms with van der Waals surface area (Å²) in [5, 5.41) is 4.60. The molecule has 8 heteroatoms. The minimum atomic E-state index is -0.657. The van der Waals surface area contributed by atoms with Crippen molar-refractivity contribution in [2.45, 2.75) is 6.92 Å². The fraction of sp³-hybridized carbons (Fsp3) is 0.0667. The predicted molar refractivity (Wildman–Crippen MR) is 88.9 cm³/mol. The van der Waals surface area contributed by atoms with Gasteiger partial charge in [-0.25, -0.2) is 9.18 Å². The Bertz CT molecular complexity index is 1150. The number of aromatic amines is 1. The van der Waals surface area contributed by atoms with Gasteiger partial charge in [-0.2, -0.15) is 0 Å². The average Bonchev–Trinajstić information content (AvgIpc) is 3.01. The molecule has 23 heavy (non-hydrogen) atoms. The van der Waals surface area contributed by atoms with Gasteiger partial charge in [0.15, 0.2) is 5.82 Å². The van der Waals surface area contributed by atoms with Crippen LogP contribution in [-0.2, 0) is 0 Å². The molecule has 2 aromatic heterocycles. The first kappa shape index (κ1) is 14.5. The third-order valence-electron chi connectivity index (χ3n) is 3.68. The molecule has 4 aromatic rings. The van der Waals surface area contributed by atoms with Crippen molar-refractivity contribution in [3.8, 4) is 5.69 Å². The maximum atomic E-state index is 14.9. The zero-order valence-electron chi connectivity index (χ0n) is 11.7. The SMILES string of the molecule is Cc1noc2c(F)c3c(cc12)[nH]c(=O)n3-c1ccc(Br)cc1Cl. The topological polar surface area (TPSA) is 63.8 Å². The third kappa shape index (κ3) is 2.04. The van der Waals surface area contributed by atoms with E-state index >= 15 is 0 Å². The molecule has 0 aliphatic carbocycles. The number of imidazole rings is 1. The number of halogens is 3. The zero-order chi connectivity index (χ0) is 16.3. The molecule has 1 N–H and O–H groups in total. The van der Waals surface area contributed by atoms with Crippen molar-refractivity contribution in [1.29, 1.82) is 0 Å². The van der Waals surface area contributed by atoms with E-state index in [9.17, 15) is 9.18 Å². The summed E-state index contributed by atoms with van der Waals surface area (Å²) in [6, 6.07) is 6.64. The summed E-state index contributed by atoms with van der Waals surface area (Å²) >= 11 is 9.51. The Morgan fingerprint density at radius 3 is 2.91 bits per heavy atom.